The van der Waals surface area contributed by atoms with Gasteiger partial charge in [-0.05, 0) is 129 Å². The molecule has 3 aromatic rings. The van der Waals surface area contributed by atoms with E-state index in [9.17, 15) is 14.0 Å². The number of nitrogens with zero attached hydrogens (tertiary/aromatic N) is 4. The Kier molecular flexibility index (Phi) is 9.26. The molecule has 0 radical (unpaired) electrons. The lowest BCUT2D eigenvalue weighted by Gasteiger charge is -2.60. The van der Waals surface area contributed by atoms with E-state index in [0.29, 0.717) is 45.4 Å². The van der Waals surface area contributed by atoms with Gasteiger partial charge in [-0.1, -0.05) is 26.0 Å². The molecule has 9 nitrogen and oxygen atoms in total. The van der Waals surface area contributed by atoms with E-state index in [0.717, 1.165) is 92.2 Å². The highest BCUT2D eigenvalue weighted by Crippen LogP contribution is 2.66. The predicted octanol–water partition coefficient (Wildman–Crippen LogP) is 8.47. The summed E-state index contributed by atoms with van der Waals surface area (Å²) >= 11 is 0. The van der Waals surface area contributed by atoms with Crippen molar-refractivity contribution in [3.05, 3.63) is 71.1 Å². The van der Waals surface area contributed by atoms with Crippen LogP contribution < -0.4 is 10.6 Å². The molecule has 10 heteroatoms. The SMILES string of the molecule is Cn1ncnc1C1C2=NCC(=O)c3cc(F)cc(c32)N[C@@H]1c1ccc(NCCCCCOC2CC[C@H]3[C@@H]4CC[C@H]5CC(=O)CC[C@]5(C)[C@H]4CC[C@]23C)cc1. The van der Waals surface area contributed by atoms with Crippen molar-refractivity contribution in [1.29, 1.82) is 0 Å². The smallest absolute Gasteiger partial charge is 0.185 e. The number of fused-ring (bicyclic) bond motifs is 5. The number of carbonyl (C=O) groups excluding carboxylic acids is 2. The number of Topliss-reactive ketones (excluding diaryl/α,β-unsaturated/α-hetero) is 2. The van der Waals surface area contributed by atoms with E-state index in [-0.39, 0.29) is 24.3 Å². The van der Waals surface area contributed by atoms with Gasteiger partial charge in [0.25, 0.3) is 0 Å². The maximum absolute atomic E-state index is 14.7. The van der Waals surface area contributed by atoms with E-state index in [1.807, 2.05) is 7.05 Å². The molecule has 4 saturated carbocycles. The van der Waals surface area contributed by atoms with Crippen molar-refractivity contribution >= 4 is 28.7 Å². The number of hydrogen-bond acceptors (Lipinski definition) is 8. The predicted molar refractivity (Wildman–Crippen MR) is 207 cm³/mol. The molecule has 0 amide bonds. The number of aryl methyl sites for hydroxylation is 1. The van der Waals surface area contributed by atoms with Crippen LogP contribution >= 0.6 is 0 Å². The summed E-state index contributed by atoms with van der Waals surface area (Å²) in [5.41, 5.74) is 5.11. The van der Waals surface area contributed by atoms with Crippen LogP contribution in [-0.2, 0) is 16.6 Å². The van der Waals surface area contributed by atoms with Crippen molar-refractivity contribution < 1.29 is 18.7 Å². The minimum atomic E-state index is -0.441. The molecule has 286 valence electrons. The fourth-order valence-electron chi connectivity index (χ4n) is 12.3. The summed E-state index contributed by atoms with van der Waals surface area (Å²) in [6, 6.07) is 10.9. The second-order valence-corrected chi connectivity index (χ2v) is 17.8. The molecule has 9 rings (SSSR count). The third kappa shape index (κ3) is 6.02. The van der Waals surface area contributed by atoms with Crippen LogP contribution in [0.1, 0.15) is 130 Å². The number of benzene rings is 2. The van der Waals surface area contributed by atoms with Crippen molar-refractivity contribution in [2.75, 3.05) is 30.3 Å². The first-order valence-electron chi connectivity index (χ1n) is 20.6. The molecule has 0 spiro atoms. The Bertz CT molecular complexity index is 1960. The van der Waals surface area contributed by atoms with Gasteiger partial charge in [0.15, 0.2) is 5.78 Å². The first kappa shape index (κ1) is 35.8. The van der Waals surface area contributed by atoms with Crippen LogP contribution in [0.4, 0.5) is 15.8 Å². The Morgan fingerprint density at radius 3 is 2.63 bits per heavy atom. The number of rotatable bonds is 10. The summed E-state index contributed by atoms with van der Waals surface area (Å²) in [5, 5.41) is 11.5. The van der Waals surface area contributed by atoms with Gasteiger partial charge in [0.1, 0.15) is 30.3 Å². The molecule has 4 fully saturated rings. The van der Waals surface area contributed by atoms with Crippen molar-refractivity contribution in [3.63, 3.8) is 0 Å². The van der Waals surface area contributed by atoms with Crippen LogP contribution in [0, 0.1) is 40.3 Å². The van der Waals surface area contributed by atoms with E-state index < -0.39 is 5.82 Å². The molecule has 2 aliphatic heterocycles. The van der Waals surface area contributed by atoms with E-state index in [1.165, 1.54) is 57.0 Å². The average molecular weight is 735 g/mol. The molecule has 0 bridgehead atoms. The second kappa shape index (κ2) is 14.0. The average Bonchev–Trinajstić information content (AvgIpc) is 3.74. The lowest BCUT2D eigenvalue weighted by molar-refractivity contribution is -0.145. The summed E-state index contributed by atoms with van der Waals surface area (Å²) in [6.45, 7) is 6.80. The molecule has 2 N–H and O–H groups in total. The van der Waals surface area contributed by atoms with Crippen molar-refractivity contribution in [2.24, 2.45) is 46.5 Å². The molecule has 2 unspecified atom stereocenters. The first-order chi connectivity index (χ1) is 26.1. The summed E-state index contributed by atoms with van der Waals surface area (Å²) in [5.74, 6) is 3.31. The van der Waals surface area contributed by atoms with E-state index in [2.05, 4.69) is 58.8 Å². The van der Waals surface area contributed by atoms with Gasteiger partial charge in [-0.3, -0.25) is 19.3 Å². The van der Waals surface area contributed by atoms with Crippen LogP contribution in [0.5, 0.6) is 0 Å². The van der Waals surface area contributed by atoms with Crippen LogP contribution in [0.3, 0.4) is 0 Å². The number of anilines is 2. The molecule has 3 heterocycles. The molecular weight excluding hydrogens is 680 g/mol. The Hall–Kier alpha value is -3.92. The Labute approximate surface area is 318 Å². The number of nitrogens with one attached hydrogen (secondary N) is 2. The van der Waals surface area contributed by atoms with Gasteiger partial charge in [0.05, 0.1) is 23.8 Å². The van der Waals surface area contributed by atoms with Crippen molar-refractivity contribution in [2.45, 2.75) is 109 Å². The molecule has 2 aromatic carbocycles. The Morgan fingerprint density at radius 1 is 0.981 bits per heavy atom. The Balaban J connectivity index is 0.771. The van der Waals surface area contributed by atoms with Crippen molar-refractivity contribution in [1.82, 2.24) is 14.8 Å². The molecule has 9 atom stereocenters. The number of aliphatic imine (C=N–C) groups is 1. The monoisotopic (exact) mass is 734 g/mol. The zero-order valence-corrected chi connectivity index (χ0v) is 32.1. The molecule has 0 saturated heterocycles. The lowest BCUT2D eigenvalue weighted by atomic mass is 9.45. The number of aromatic nitrogens is 3. The largest absolute Gasteiger partial charge is 0.385 e. The zero-order valence-electron chi connectivity index (χ0n) is 32.1. The fraction of sp³-hybridized carbons (Fsp3) is 0.614. The number of ketones is 2. The maximum atomic E-state index is 14.7. The lowest BCUT2D eigenvalue weighted by Crippen LogP contribution is -2.54. The van der Waals surface area contributed by atoms with Gasteiger partial charge in [-0.2, -0.15) is 5.10 Å². The highest BCUT2D eigenvalue weighted by Gasteiger charge is 2.60. The summed E-state index contributed by atoms with van der Waals surface area (Å²) in [7, 11) is 1.86. The van der Waals surface area contributed by atoms with Gasteiger partial charge >= 0.3 is 0 Å². The third-order valence-electron chi connectivity index (χ3n) is 15.2. The molecule has 6 aliphatic rings. The number of carbonyl (C=O) groups is 2. The first-order valence-corrected chi connectivity index (χ1v) is 20.6. The fourth-order valence-corrected chi connectivity index (χ4v) is 12.3. The van der Waals surface area contributed by atoms with Gasteiger partial charge in [0.2, 0.25) is 0 Å². The highest BCUT2D eigenvalue weighted by atomic mass is 19.1. The minimum absolute atomic E-state index is 0.00603. The van der Waals surface area contributed by atoms with Crippen LogP contribution in [0.15, 0.2) is 47.7 Å². The number of unbranched alkanes of at least 4 members (excludes halogenated alkanes) is 2. The summed E-state index contributed by atoms with van der Waals surface area (Å²) in [4.78, 5) is 34.3. The van der Waals surface area contributed by atoms with Crippen LogP contribution in [0.2, 0.25) is 0 Å². The number of hydrogen-bond donors (Lipinski definition) is 2. The Morgan fingerprint density at radius 2 is 1.81 bits per heavy atom. The van der Waals surface area contributed by atoms with E-state index >= 15 is 0 Å². The van der Waals surface area contributed by atoms with E-state index in [4.69, 9.17) is 9.73 Å². The topological polar surface area (TPSA) is 110 Å². The summed E-state index contributed by atoms with van der Waals surface area (Å²) < 4.78 is 23.1. The quantitative estimate of drug-likeness (QED) is 0.201. The second-order valence-electron chi connectivity index (χ2n) is 17.8. The summed E-state index contributed by atoms with van der Waals surface area (Å²) in [6.07, 6.45) is 15.6. The zero-order chi connectivity index (χ0) is 37.2. The normalized spacial score (nSPS) is 33.9. The van der Waals surface area contributed by atoms with Gasteiger partial charge < -0.3 is 15.4 Å². The number of ether oxygens (including phenoxy) is 1. The maximum Gasteiger partial charge on any atom is 0.185 e. The van der Waals surface area contributed by atoms with Gasteiger partial charge in [-0.25, -0.2) is 9.37 Å². The van der Waals surface area contributed by atoms with E-state index in [1.54, 1.807) is 4.68 Å². The van der Waals surface area contributed by atoms with Gasteiger partial charge in [0, 0.05) is 55.5 Å². The van der Waals surface area contributed by atoms with Gasteiger partial charge in [-0.15, -0.1) is 0 Å². The van der Waals surface area contributed by atoms with Crippen molar-refractivity contribution in [3.8, 4) is 0 Å². The molecule has 54 heavy (non-hydrogen) atoms. The number of halogens is 1. The minimum Gasteiger partial charge on any atom is -0.385 e. The standard InChI is InChI=1S/C44H55FN6O3/c1-43-17-15-30(52)21-27(43)9-12-31-33-13-14-37(44(33,2)18-16-34(31)43)54-20-6-4-5-19-46-29-10-7-26(8-11-29)40-39(42-48-25-49-51(42)3)41-38-32(36(53)24-47-41)22-28(45)23-35(38)50-40/h7-8,10-11,22-23,25,27,31,33-34,37,39-40,46,50H,4-6,9,12-21,24H2,1-3H3/t27-,31-,33-,34-,37?,39?,40+,43-,44-/m0/s1. The molecular formula is C44H55FN6O3. The highest BCUT2D eigenvalue weighted by molar-refractivity contribution is 6.21. The third-order valence-corrected chi connectivity index (χ3v) is 15.2. The van der Waals surface area contributed by atoms with Crippen LogP contribution in [0.25, 0.3) is 0 Å². The molecule has 4 aliphatic carbocycles. The van der Waals surface area contributed by atoms with Crippen LogP contribution in [-0.4, -0.2) is 57.8 Å². The molecule has 1 aromatic heterocycles.